The average molecular weight is 279 g/mol. The zero-order chi connectivity index (χ0) is 11.3. The molecule has 84 valence electrons. The van der Waals surface area contributed by atoms with Crippen molar-refractivity contribution in [2.45, 2.75) is 26.2 Å². The van der Waals surface area contributed by atoms with Gasteiger partial charge in [0.1, 0.15) is 0 Å². The predicted molar refractivity (Wildman–Crippen MR) is 59.1 cm³/mol. The lowest BCUT2D eigenvalue weighted by Crippen LogP contribution is -2.00. The third kappa shape index (κ3) is 3.45. The molecule has 0 amide bonds. The highest BCUT2D eigenvalue weighted by molar-refractivity contribution is 9.10. The summed E-state index contributed by atoms with van der Waals surface area (Å²) in [7, 11) is 0. The van der Waals surface area contributed by atoms with Crippen LogP contribution in [0.15, 0.2) is 16.6 Å². The molecule has 15 heavy (non-hydrogen) atoms. The van der Waals surface area contributed by atoms with Gasteiger partial charge in [0.15, 0.2) is 11.6 Å². The van der Waals surface area contributed by atoms with Crippen LogP contribution in [0.2, 0.25) is 0 Å². The third-order valence-electron chi connectivity index (χ3n) is 2.01. The Morgan fingerprint density at radius 2 is 1.93 bits per heavy atom. The molecule has 0 radical (unpaired) electrons. The van der Waals surface area contributed by atoms with Gasteiger partial charge < -0.3 is 4.74 Å². The molecule has 0 spiro atoms. The normalized spacial score (nSPS) is 10.4. The van der Waals surface area contributed by atoms with Crippen LogP contribution in [-0.2, 0) is 0 Å². The number of halogens is 3. The van der Waals surface area contributed by atoms with Crippen LogP contribution < -0.4 is 4.74 Å². The van der Waals surface area contributed by atoms with Gasteiger partial charge in [-0.3, -0.25) is 0 Å². The largest absolute Gasteiger partial charge is 0.490 e. The van der Waals surface area contributed by atoms with Crippen molar-refractivity contribution in [2.24, 2.45) is 0 Å². The van der Waals surface area contributed by atoms with Crippen LogP contribution in [0.25, 0.3) is 0 Å². The minimum Gasteiger partial charge on any atom is -0.490 e. The minimum atomic E-state index is -0.930. The Morgan fingerprint density at radius 3 is 2.60 bits per heavy atom. The summed E-state index contributed by atoms with van der Waals surface area (Å²) in [5, 5.41) is 0. The Hall–Kier alpha value is -0.640. The molecular weight excluding hydrogens is 266 g/mol. The maximum atomic E-state index is 13.2. The molecule has 0 saturated carbocycles. The van der Waals surface area contributed by atoms with E-state index in [-0.39, 0.29) is 10.2 Å². The second kappa shape index (κ2) is 6.05. The summed E-state index contributed by atoms with van der Waals surface area (Å²) < 4.78 is 31.6. The van der Waals surface area contributed by atoms with Gasteiger partial charge in [-0.25, -0.2) is 4.39 Å². The number of unbranched alkanes of at least 4 members (excludes halogenated alkanes) is 2. The number of hydrogen-bond acceptors (Lipinski definition) is 1. The SMILES string of the molecule is CCCCCOc1ccc(Br)c(F)c1F. The molecule has 4 heteroatoms. The van der Waals surface area contributed by atoms with E-state index in [1.165, 1.54) is 12.1 Å². The molecule has 0 aliphatic rings. The summed E-state index contributed by atoms with van der Waals surface area (Å²) in [5.74, 6) is -1.85. The van der Waals surface area contributed by atoms with E-state index in [4.69, 9.17) is 4.74 Å². The summed E-state index contributed by atoms with van der Waals surface area (Å²) in [4.78, 5) is 0. The lowest BCUT2D eigenvalue weighted by atomic mass is 10.2. The van der Waals surface area contributed by atoms with Crippen LogP contribution in [0.3, 0.4) is 0 Å². The molecule has 0 atom stereocenters. The number of rotatable bonds is 5. The Bertz CT molecular complexity index is 329. The fraction of sp³-hybridized carbons (Fsp3) is 0.455. The molecule has 0 fully saturated rings. The van der Waals surface area contributed by atoms with E-state index in [9.17, 15) is 8.78 Å². The summed E-state index contributed by atoms with van der Waals surface area (Å²) in [6, 6.07) is 2.86. The maximum Gasteiger partial charge on any atom is 0.201 e. The van der Waals surface area contributed by atoms with Crippen molar-refractivity contribution >= 4 is 15.9 Å². The van der Waals surface area contributed by atoms with Crippen molar-refractivity contribution in [1.82, 2.24) is 0 Å². The number of hydrogen-bond donors (Lipinski definition) is 0. The zero-order valence-corrected chi connectivity index (χ0v) is 10.1. The van der Waals surface area contributed by atoms with Gasteiger partial charge in [0.25, 0.3) is 0 Å². The van der Waals surface area contributed by atoms with Crippen LogP contribution in [-0.4, -0.2) is 6.61 Å². The highest BCUT2D eigenvalue weighted by Gasteiger charge is 2.12. The van der Waals surface area contributed by atoms with E-state index in [1.54, 1.807) is 0 Å². The number of benzene rings is 1. The molecule has 0 aliphatic carbocycles. The molecular formula is C11H13BrF2O. The average Bonchev–Trinajstić information content (AvgIpc) is 2.24. The van der Waals surface area contributed by atoms with Crippen LogP contribution in [0.4, 0.5) is 8.78 Å². The summed E-state index contributed by atoms with van der Waals surface area (Å²) >= 11 is 2.90. The maximum absolute atomic E-state index is 13.2. The van der Waals surface area contributed by atoms with Crippen molar-refractivity contribution in [1.29, 1.82) is 0 Å². The van der Waals surface area contributed by atoms with Crippen LogP contribution in [0.1, 0.15) is 26.2 Å². The summed E-state index contributed by atoms with van der Waals surface area (Å²) in [6.45, 7) is 2.49. The Kier molecular flexibility index (Phi) is 5.02. The molecule has 0 aliphatic heterocycles. The molecule has 1 nitrogen and oxygen atoms in total. The Labute approximate surface area is 96.6 Å². The first-order valence-corrected chi connectivity index (χ1v) is 5.72. The van der Waals surface area contributed by atoms with Gasteiger partial charge in [-0.15, -0.1) is 0 Å². The van der Waals surface area contributed by atoms with Crippen LogP contribution >= 0.6 is 15.9 Å². The molecule has 1 aromatic carbocycles. The Balaban J connectivity index is 2.58. The Morgan fingerprint density at radius 1 is 1.20 bits per heavy atom. The first-order chi connectivity index (χ1) is 7.16. The van der Waals surface area contributed by atoms with E-state index >= 15 is 0 Å². The van der Waals surface area contributed by atoms with E-state index in [2.05, 4.69) is 22.9 Å². The lowest BCUT2D eigenvalue weighted by Gasteiger charge is -2.07. The van der Waals surface area contributed by atoms with Gasteiger partial charge in [-0.2, -0.15) is 4.39 Å². The van der Waals surface area contributed by atoms with Gasteiger partial charge in [0.2, 0.25) is 5.82 Å². The molecule has 0 bridgehead atoms. The first-order valence-electron chi connectivity index (χ1n) is 4.93. The highest BCUT2D eigenvalue weighted by atomic mass is 79.9. The monoisotopic (exact) mass is 278 g/mol. The molecule has 1 rings (SSSR count). The first kappa shape index (κ1) is 12.4. The van der Waals surface area contributed by atoms with Crippen molar-refractivity contribution in [2.75, 3.05) is 6.61 Å². The van der Waals surface area contributed by atoms with Crippen molar-refractivity contribution in [3.05, 3.63) is 28.2 Å². The molecule has 0 unspecified atom stereocenters. The molecule has 1 aromatic rings. The van der Waals surface area contributed by atoms with Gasteiger partial charge in [-0.1, -0.05) is 19.8 Å². The van der Waals surface area contributed by atoms with Gasteiger partial charge >= 0.3 is 0 Å². The van der Waals surface area contributed by atoms with Gasteiger partial charge in [-0.05, 0) is 34.5 Å². The topological polar surface area (TPSA) is 9.23 Å². The number of ether oxygens (including phenoxy) is 1. The van der Waals surface area contributed by atoms with Gasteiger partial charge in [0.05, 0.1) is 11.1 Å². The van der Waals surface area contributed by atoms with E-state index < -0.39 is 11.6 Å². The van der Waals surface area contributed by atoms with E-state index in [0.29, 0.717) is 6.61 Å². The van der Waals surface area contributed by atoms with E-state index in [0.717, 1.165) is 19.3 Å². The molecule has 0 saturated heterocycles. The van der Waals surface area contributed by atoms with Crippen molar-refractivity contribution in [3.63, 3.8) is 0 Å². The fourth-order valence-electron chi connectivity index (χ4n) is 1.15. The molecule has 0 aromatic heterocycles. The highest BCUT2D eigenvalue weighted by Crippen LogP contribution is 2.26. The van der Waals surface area contributed by atoms with Crippen molar-refractivity contribution in [3.8, 4) is 5.75 Å². The minimum absolute atomic E-state index is 0.0215. The quantitative estimate of drug-likeness (QED) is 0.577. The second-order valence-electron chi connectivity index (χ2n) is 3.23. The summed E-state index contributed by atoms with van der Waals surface area (Å²) in [6.07, 6.45) is 2.95. The van der Waals surface area contributed by atoms with Crippen molar-refractivity contribution < 1.29 is 13.5 Å². The lowest BCUT2D eigenvalue weighted by molar-refractivity contribution is 0.286. The predicted octanol–water partition coefficient (Wildman–Crippen LogP) is 4.30. The summed E-state index contributed by atoms with van der Waals surface area (Å²) in [5.41, 5.74) is 0. The van der Waals surface area contributed by atoms with Crippen LogP contribution in [0, 0.1) is 11.6 Å². The smallest absolute Gasteiger partial charge is 0.201 e. The molecule has 0 N–H and O–H groups in total. The molecule has 0 heterocycles. The fourth-order valence-corrected chi connectivity index (χ4v) is 1.46. The third-order valence-corrected chi connectivity index (χ3v) is 2.62. The zero-order valence-electron chi connectivity index (χ0n) is 8.53. The van der Waals surface area contributed by atoms with Gasteiger partial charge in [0, 0.05) is 0 Å². The standard InChI is InChI=1S/C11H13BrF2O/c1-2-3-4-7-15-9-6-5-8(12)10(13)11(9)14/h5-6H,2-4,7H2,1H3. The van der Waals surface area contributed by atoms with E-state index in [1.807, 2.05) is 0 Å². The van der Waals surface area contributed by atoms with Crippen LogP contribution in [0.5, 0.6) is 5.75 Å². The second-order valence-corrected chi connectivity index (χ2v) is 4.08.